The zero-order chi connectivity index (χ0) is 16.8. The van der Waals surface area contributed by atoms with Crippen LogP contribution in [0.5, 0.6) is 0 Å². The molecule has 0 aliphatic carbocycles. The van der Waals surface area contributed by atoms with Gasteiger partial charge in [-0.3, -0.25) is 4.99 Å². The van der Waals surface area contributed by atoms with Crippen molar-refractivity contribution in [2.75, 3.05) is 23.4 Å². The second-order valence-electron chi connectivity index (χ2n) is 4.39. The summed E-state index contributed by atoms with van der Waals surface area (Å²) >= 11 is 3.31. The zero-order valence-corrected chi connectivity index (χ0v) is 13.8. The van der Waals surface area contributed by atoms with Gasteiger partial charge in [0.25, 0.3) is 0 Å². The van der Waals surface area contributed by atoms with Gasteiger partial charge in [0.05, 0.1) is 15.9 Å². The molecule has 0 fully saturated rings. The Bertz CT molecular complexity index is 761. The molecule has 23 heavy (non-hydrogen) atoms. The van der Waals surface area contributed by atoms with Crippen LogP contribution < -0.4 is 22.1 Å². The Labute approximate surface area is 140 Å². The third-order valence-corrected chi connectivity index (χ3v) is 3.27. The van der Waals surface area contributed by atoms with E-state index in [9.17, 15) is 4.39 Å². The molecule has 0 atom stereocenters. The van der Waals surface area contributed by atoms with Gasteiger partial charge in [0.1, 0.15) is 11.6 Å². The van der Waals surface area contributed by atoms with Crippen LogP contribution in [0, 0.1) is 5.82 Å². The highest BCUT2D eigenvalue weighted by Gasteiger charge is 2.09. The van der Waals surface area contributed by atoms with Crippen LogP contribution in [0.4, 0.5) is 27.5 Å². The van der Waals surface area contributed by atoms with Gasteiger partial charge < -0.3 is 22.1 Å². The minimum absolute atomic E-state index is 0.208. The van der Waals surface area contributed by atoms with E-state index in [1.807, 2.05) is 0 Å². The molecule has 1 aromatic heterocycles. The van der Waals surface area contributed by atoms with E-state index in [1.54, 1.807) is 7.05 Å². The molecule has 0 spiro atoms. The minimum atomic E-state index is -0.445. The highest BCUT2D eigenvalue weighted by atomic mass is 79.9. The minimum Gasteiger partial charge on any atom is -0.403 e. The normalized spacial score (nSPS) is 11.7. The van der Waals surface area contributed by atoms with Crippen molar-refractivity contribution < 1.29 is 4.39 Å². The number of hydrogen-bond donors (Lipinski definition) is 4. The van der Waals surface area contributed by atoms with Crippen molar-refractivity contribution in [1.82, 2.24) is 9.97 Å². The summed E-state index contributed by atoms with van der Waals surface area (Å²) in [5, 5.41) is 5.76. The largest absolute Gasteiger partial charge is 0.403 e. The third kappa shape index (κ3) is 4.39. The van der Waals surface area contributed by atoms with E-state index in [0.29, 0.717) is 21.7 Å². The molecule has 9 heteroatoms. The Balaban J connectivity index is 2.29. The number of anilines is 4. The molecule has 0 aliphatic heterocycles. The zero-order valence-electron chi connectivity index (χ0n) is 12.2. The maximum Gasteiger partial charge on any atom is 0.229 e. The topological polar surface area (TPSA) is 114 Å². The third-order valence-electron chi connectivity index (χ3n) is 2.69. The number of nitrogens with zero attached hydrogens (tertiary/aromatic N) is 3. The first-order valence-corrected chi connectivity index (χ1v) is 7.28. The number of rotatable bonds is 5. The van der Waals surface area contributed by atoms with Crippen molar-refractivity contribution in [3.8, 4) is 0 Å². The molecule has 0 radical (unpaired) electrons. The Morgan fingerprint density at radius 1 is 1.43 bits per heavy atom. The molecular formula is C14H15BrFN7. The maximum atomic E-state index is 13.8. The van der Waals surface area contributed by atoms with Gasteiger partial charge in [-0.25, -0.2) is 9.37 Å². The molecule has 7 nitrogen and oxygen atoms in total. The van der Waals surface area contributed by atoms with Gasteiger partial charge in [-0.2, -0.15) is 4.98 Å². The first-order chi connectivity index (χ1) is 11.0. The standard InChI is InChI=1S/C14H15BrFN7/c1-19-6-9(5-17)21-14-20-7-10(15)13(23-14)22-12-4-8(18)2-3-11(12)16/h2-7H,17-18H2,1H3,(H2,20,21,22,23)/b9-5+,19-6?. The first kappa shape index (κ1) is 16.7. The fourth-order valence-electron chi connectivity index (χ4n) is 1.67. The van der Waals surface area contributed by atoms with E-state index in [4.69, 9.17) is 11.5 Å². The van der Waals surface area contributed by atoms with Gasteiger partial charge in [0, 0.05) is 31.3 Å². The van der Waals surface area contributed by atoms with Crippen molar-refractivity contribution in [1.29, 1.82) is 0 Å². The first-order valence-electron chi connectivity index (χ1n) is 6.49. The molecule has 0 unspecified atom stereocenters. The lowest BCUT2D eigenvalue weighted by Crippen LogP contribution is -2.08. The number of nitrogens with one attached hydrogen (secondary N) is 2. The summed E-state index contributed by atoms with van der Waals surface area (Å²) in [6.45, 7) is 0. The highest BCUT2D eigenvalue weighted by molar-refractivity contribution is 9.10. The predicted octanol–water partition coefficient (Wildman–Crippen LogP) is 2.62. The lowest BCUT2D eigenvalue weighted by Gasteiger charge is -2.11. The average molecular weight is 380 g/mol. The molecule has 0 saturated heterocycles. The molecule has 6 N–H and O–H groups in total. The Kier molecular flexibility index (Phi) is 5.47. The number of allylic oxidation sites excluding steroid dienone is 1. The van der Waals surface area contributed by atoms with Crippen LogP contribution in [-0.2, 0) is 0 Å². The van der Waals surface area contributed by atoms with Gasteiger partial charge in [0.2, 0.25) is 5.95 Å². The maximum absolute atomic E-state index is 13.8. The van der Waals surface area contributed by atoms with Crippen molar-refractivity contribution in [2.24, 2.45) is 10.7 Å². The van der Waals surface area contributed by atoms with Crippen LogP contribution in [0.25, 0.3) is 0 Å². The second kappa shape index (κ2) is 7.54. The number of nitrogen functional groups attached to an aromatic ring is 1. The van der Waals surface area contributed by atoms with Gasteiger partial charge in [-0.1, -0.05) is 0 Å². The second-order valence-corrected chi connectivity index (χ2v) is 5.24. The van der Waals surface area contributed by atoms with E-state index in [0.717, 1.165) is 0 Å². The lowest BCUT2D eigenvalue weighted by atomic mass is 10.2. The van der Waals surface area contributed by atoms with Crippen LogP contribution in [0.1, 0.15) is 0 Å². The Hall–Kier alpha value is -2.68. The van der Waals surface area contributed by atoms with E-state index < -0.39 is 5.82 Å². The van der Waals surface area contributed by atoms with Crippen LogP contribution in [0.15, 0.2) is 45.8 Å². The van der Waals surface area contributed by atoms with E-state index >= 15 is 0 Å². The fourth-order valence-corrected chi connectivity index (χ4v) is 1.96. The summed E-state index contributed by atoms with van der Waals surface area (Å²) in [5.74, 6) is 0.202. The van der Waals surface area contributed by atoms with Crippen LogP contribution in [-0.4, -0.2) is 23.2 Å². The lowest BCUT2D eigenvalue weighted by molar-refractivity contribution is 0.632. The molecule has 2 aromatic rings. The Morgan fingerprint density at radius 3 is 2.91 bits per heavy atom. The smallest absolute Gasteiger partial charge is 0.229 e. The van der Waals surface area contributed by atoms with Crippen molar-refractivity contribution in [3.05, 3.63) is 46.6 Å². The van der Waals surface area contributed by atoms with Crippen LogP contribution in [0.2, 0.25) is 0 Å². The van der Waals surface area contributed by atoms with E-state index in [-0.39, 0.29) is 11.6 Å². The molecule has 120 valence electrons. The van der Waals surface area contributed by atoms with Gasteiger partial charge in [-0.15, -0.1) is 0 Å². The van der Waals surface area contributed by atoms with Gasteiger partial charge in [-0.05, 0) is 34.1 Å². The summed E-state index contributed by atoms with van der Waals surface area (Å²) in [5.41, 5.74) is 12.3. The number of nitrogens with two attached hydrogens (primary N) is 2. The summed E-state index contributed by atoms with van der Waals surface area (Å²) in [4.78, 5) is 12.2. The summed E-state index contributed by atoms with van der Waals surface area (Å²) in [6.07, 6.45) is 4.39. The Morgan fingerprint density at radius 2 is 2.22 bits per heavy atom. The number of aromatic nitrogens is 2. The van der Waals surface area contributed by atoms with E-state index in [1.165, 1.54) is 36.8 Å². The number of hydrogen-bond acceptors (Lipinski definition) is 7. The predicted molar refractivity (Wildman–Crippen MR) is 94.1 cm³/mol. The summed E-state index contributed by atoms with van der Waals surface area (Å²) in [7, 11) is 1.61. The van der Waals surface area contributed by atoms with Crippen LogP contribution in [0.3, 0.4) is 0 Å². The van der Waals surface area contributed by atoms with Gasteiger partial charge >= 0.3 is 0 Å². The monoisotopic (exact) mass is 379 g/mol. The summed E-state index contributed by atoms with van der Waals surface area (Å²) < 4.78 is 14.4. The summed E-state index contributed by atoms with van der Waals surface area (Å²) in [6, 6.07) is 4.23. The molecule has 0 saturated carbocycles. The molecule has 0 aliphatic rings. The number of aliphatic imine (C=N–C) groups is 1. The molecule has 0 amide bonds. The van der Waals surface area contributed by atoms with Crippen LogP contribution >= 0.6 is 15.9 Å². The van der Waals surface area contributed by atoms with E-state index in [2.05, 4.69) is 41.5 Å². The van der Waals surface area contributed by atoms with Crippen molar-refractivity contribution in [2.45, 2.75) is 0 Å². The molecule has 0 bridgehead atoms. The number of halogens is 2. The molecule has 2 rings (SSSR count). The van der Waals surface area contributed by atoms with Crippen molar-refractivity contribution >= 4 is 45.3 Å². The quantitative estimate of drug-likeness (QED) is 0.468. The SMILES string of the molecule is CN=C/C(=C\N)Nc1ncc(Br)c(Nc2cc(N)ccc2F)n1. The molecule has 1 heterocycles. The number of benzene rings is 1. The highest BCUT2D eigenvalue weighted by Crippen LogP contribution is 2.27. The van der Waals surface area contributed by atoms with Gasteiger partial charge in [0.15, 0.2) is 0 Å². The molecule has 1 aromatic carbocycles. The fraction of sp³-hybridized carbons (Fsp3) is 0.0714. The van der Waals surface area contributed by atoms with Crippen molar-refractivity contribution in [3.63, 3.8) is 0 Å². The molecular weight excluding hydrogens is 365 g/mol. The average Bonchev–Trinajstić information content (AvgIpc) is 2.53.